The van der Waals surface area contributed by atoms with Crippen LogP contribution < -0.4 is 10.6 Å². The first-order valence-electron chi connectivity index (χ1n) is 23.2. The first kappa shape index (κ1) is 54.4. The molecule has 0 aliphatic heterocycles. The maximum absolute atomic E-state index is 12.2. The first-order valence-corrected chi connectivity index (χ1v) is 23.2. The number of hydrogen-bond donors (Lipinski definition) is 2. The summed E-state index contributed by atoms with van der Waals surface area (Å²) in [5.74, 6) is -0.376. The molecule has 0 bridgehead atoms. The molecular weight excluding hydrogens is 725 g/mol. The number of unbranched alkanes of at least 4 members (excludes halogenated alkanes) is 12. The van der Waals surface area contributed by atoms with E-state index in [1.165, 1.54) is 51.4 Å². The van der Waals surface area contributed by atoms with Crippen molar-refractivity contribution in [1.82, 2.24) is 20.4 Å². The van der Waals surface area contributed by atoms with Crippen molar-refractivity contribution < 1.29 is 38.1 Å². The molecule has 336 valence electrons. The van der Waals surface area contributed by atoms with Crippen LogP contribution in [-0.2, 0) is 28.5 Å². The molecule has 0 aliphatic carbocycles. The third kappa shape index (κ3) is 37.4. The van der Waals surface area contributed by atoms with Crippen LogP contribution in [0, 0.1) is 0 Å². The third-order valence-electron chi connectivity index (χ3n) is 10.2. The molecule has 0 saturated heterocycles. The lowest BCUT2D eigenvalue weighted by atomic mass is 10.1. The van der Waals surface area contributed by atoms with Crippen LogP contribution >= 0.6 is 0 Å². The number of nitrogens with zero attached hydrogens (tertiary/aromatic N) is 2. The number of carbonyl (C=O) groups is 4. The molecule has 0 rings (SSSR count). The van der Waals surface area contributed by atoms with Gasteiger partial charge in [-0.15, -0.1) is 0 Å². The Labute approximate surface area is 349 Å². The minimum Gasteiger partial charge on any atom is -0.466 e. The van der Waals surface area contributed by atoms with Crippen molar-refractivity contribution in [3.63, 3.8) is 0 Å². The van der Waals surface area contributed by atoms with E-state index < -0.39 is 0 Å². The summed E-state index contributed by atoms with van der Waals surface area (Å²) in [6, 6.07) is 0. The van der Waals surface area contributed by atoms with Crippen molar-refractivity contribution in [2.45, 2.75) is 200 Å². The Bertz CT molecular complexity index is 898. The van der Waals surface area contributed by atoms with Crippen molar-refractivity contribution >= 4 is 24.1 Å². The van der Waals surface area contributed by atoms with Gasteiger partial charge in [0, 0.05) is 26.2 Å². The SMILES string of the molecule is CCCCCCCC(CCC)OC(=O)NCCCCCOC(=O)CCN(C)CCCN(C)CCC(=O)OCCCCCNC(=O)OC(CCC)CCCCCCC. The summed E-state index contributed by atoms with van der Waals surface area (Å²) in [6.07, 6.45) is 23.7. The van der Waals surface area contributed by atoms with Gasteiger partial charge in [-0.3, -0.25) is 9.59 Å². The quantitative estimate of drug-likeness (QED) is 0.0350. The largest absolute Gasteiger partial charge is 0.466 e. The molecule has 0 aliphatic rings. The van der Waals surface area contributed by atoms with Gasteiger partial charge in [0.1, 0.15) is 12.2 Å². The first-order chi connectivity index (χ1) is 27.6. The van der Waals surface area contributed by atoms with Crippen LogP contribution in [-0.4, -0.2) is 113 Å². The number of alkyl carbamates (subject to hydrolysis) is 2. The highest BCUT2D eigenvalue weighted by Gasteiger charge is 2.15. The van der Waals surface area contributed by atoms with E-state index >= 15 is 0 Å². The van der Waals surface area contributed by atoms with Gasteiger partial charge in [0.15, 0.2) is 0 Å². The normalized spacial score (nSPS) is 12.4. The molecule has 2 atom stereocenters. The van der Waals surface area contributed by atoms with Crippen LogP contribution in [0.2, 0.25) is 0 Å². The smallest absolute Gasteiger partial charge is 0.407 e. The lowest BCUT2D eigenvalue weighted by Crippen LogP contribution is -2.30. The second-order valence-corrected chi connectivity index (χ2v) is 15.9. The fourth-order valence-electron chi connectivity index (χ4n) is 6.61. The number of amides is 2. The monoisotopic (exact) mass is 813 g/mol. The second-order valence-electron chi connectivity index (χ2n) is 15.9. The molecule has 12 heteroatoms. The highest BCUT2D eigenvalue weighted by Crippen LogP contribution is 2.15. The Kier molecular flexibility index (Phi) is 38.4. The summed E-state index contributed by atoms with van der Waals surface area (Å²) >= 11 is 0. The molecule has 2 unspecified atom stereocenters. The predicted molar refractivity (Wildman–Crippen MR) is 232 cm³/mol. The van der Waals surface area contributed by atoms with Crippen LogP contribution in [0.5, 0.6) is 0 Å². The molecule has 2 N–H and O–H groups in total. The maximum Gasteiger partial charge on any atom is 0.407 e. The van der Waals surface area contributed by atoms with Gasteiger partial charge >= 0.3 is 24.1 Å². The molecular formula is C45H88N4O8. The van der Waals surface area contributed by atoms with Gasteiger partial charge in [0.25, 0.3) is 0 Å². The van der Waals surface area contributed by atoms with Gasteiger partial charge in [-0.1, -0.05) is 91.9 Å². The van der Waals surface area contributed by atoms with Crippen LogP contribution in [0.4, 0.5) is 9.59 Å². The summed E-state index contributed by atoms with van der Waals surface area (Å²) in [5.41, 5.74) is 0. The topological polar surface area (TPSA) is 136 Å². The fraction of sp³-hybridized carbons (Fsp3) is 0.911. The van der Waals surface area contributed by atoms with Crippen molar-refractivity contribution in [2.75, 3.05) is 66.6 Å². The molecule has 0 radical (unpaired) electrons. The maximum atomic E-state index is 12.2. The molecule has 0 aromatic heterocycles. The summed E-state index contributed by atoms with van der Waals surface area (Å²) in [7, 11) is 4.01. The summed E-state index contributed by atoms with van der Waals surface area (Å²) in [4.78, 5) is 53.1. The molecule has 0 aromatic rings. The van der Waals surface area contributed by atoms with Gasteiger partial charge in [-0.2, -0.15) is 0 Å². The second kappa shape index (κ2) is 40.2. The van der Waals surface area contributed by atoms with Crippen molar-refractivity contribution in [3.8, 4) is 0 Å². The van der Waals surface area contributed by atoms with E-state index in [-0.39, 0.29) is 36.3 Å². The number of esters is 2. The minimum absolute atomic E-state index is 0.000511. The number of ether oxygens (including phenoxy) is 4. The molecule has 0 heterocycles. The average Bonchev–Trinajstić information content (AvgIpc) is 3.18. The lowest BCUT2D eigenvalue weighted by molar-refractivity contribution is -0.144. The molecule has 0 aromatic carbocycles. The molecule has 2 amide bonds. The number of carbonyl (C=O) groups excluding carboxylic acids is 4. The van der Waals surface area contributed by atoms with Crippen molar-refractivity contribution in [1.29, 1.82) is 0 Å². The van der Waals surface area contributed by atoms with E-state index in [0.29, 0.717) is 52.2 Å². The molecule has 0 fully saturated rings. The van der Waals surface area contributed by atoms with Crippen molar-refractivity contribution in [3.05, 3.63) is 0 Å². The van der Waals surface area contributed by atoms with E-state index in [1.54, 1.807) is 0 Å². The third-order valence-corrected chi connectivity index (χ3v) is 10.2. The van der Waals surface area contributed by atoms with Crippen LogP contribution in [0.3, 0.4) is 0 Å². The van der Waals surface area contributed by atoms with Gasteiger partial charge < -0.3 is 39.4 Å². The van der Waals surface area contributed by atoms with Gasteiger partial charge in [-0.25, -0.2) is 9.59 Å². The highest BCUT2D eigenvalue weighted by atomic mass is 16.6. The predicted octanol–water partition coefficient (Wildman–Crippen LogP) is 9.96. The zero-order valence-electron chi connectivity index (χ0n) is 37.6. The van der Waals surface area contributed by atoms with Gasteiger partial charge in [0.2, 0.25) is 0 Å². The molecule has 57 heavy (non-hydrogen) atoms. The van der Waals surface area contributed by atoms with Crippen LogP contribution in [0.1, 0.15) is 188 Å². The molecule has 12 nitrogen and oxygen atoms in total. The highest BCUT2D eigenvalue weighted by molar-refractivity contribution is 5.70. The zero-order chi connectivity index (χ0) is 42.2. The van der Waals surface area contributed by atoms with Crippen molar-refractivity contribution in [2.24, 2.45) is 0 Å². The Morgan fingerprint density at radius 1 is 0.439 bits per heavy atom. The Morgan fingerprint density at radius 3 is 1.21 bits per heavy atom. The summed E-state index contributed by atoms with van der Waals surface area (Å²) in [5, 5.41) is 5.74. The Balaban J connectivity index is 3.79. The molecule has 0 saturated carbocycles. The zero-order valence-corrected chi connectivity index (χ0v) is 37.6. The lowest BCUT2D eigenvalue weighted by Gasteiger charge is -2.20. The van der Waals surface area contributed by atoms with Crippen LogP contribution in [0.15, 0.2) is 0 Å². The number of rotatable bonds is 40. The van der Waals surface area contributed by atoms with Gasteiger partial charge in [-0.05, 0) is 111 Å². The van der Waals surface area contributed by atoms with E-state index in [4.69, 9.17) is 18.9 Å². The fourth-order valence-corrected chi connectivity index (χ4v) is 6.61. The average molecular weight is 813 g/mol. The minimum atomic E-state index is -0.326. The summed E-state index contributed by atoms with van der Waals surface area (Å²) < 4.78 is 22.1. The Morgan fingerprint density at radius 2 is 0.825 bits per heavy atom. The number of nitrogens with one attached hydrogen (secondary N) is 2. The standard InChI is InChI=1S/C45H88N4O8/c1-7-11-13-15-19-28-40(26-9-3)56-44(52)46-32-21-17-23-38-54-42(50)30-36-48(5)34-25-35-49(6)37-31-43(51)55-39-24-18-22-33-47-45(53)57-41(27-10-4)29-20-16-14-12-8-2/h40-41H,7-39H2,1-6H3,(H,46,52)(H,47,53). The molecule has 0 spiro atoms. The van der Waals surface area contributed by atoms with E-state index in [2.05, 4.69) is 48.1 Å². The van der Waals surface area contributed by atoms with Crippen LogP contribution in [0.25, 0.3) is 0 Å². The van der Waals surface area contributed by atoms with Gasteiger partial charge in [0.05, 0.1) is 26.1 Å². The van der Waals surface area contributed by atoms with E-state index in [0.717, 1.165) is 109 Å². The summed E-state index contributed by atoms with van der Waals surface area (Å²) in [6.45, 7) is 13.5. The van der Waals surface area contributed by atoms with E-state index in [1.807, 2.05) is 14.1 Å². The van der Waals surface area contributed by atoms with E-state index in [9.17, 15) is 19.2 Å². The Hall–Kier alpha value is -2.60. The number of hydrogen-bond acceptors (Lipinski definition) is 10.